The molecule has 140 valence electrons. The molecule has 1 heterocycles. The Morgan fingerprint density at radius 1 is 1.16 bits per heavy atom. The molecule has 1 saturated heterocycles. The molecule has 1 aromatic carbocycles. The van der Waals surface area contributed by atoms with Gasteiger partial charge in [0, 0.05) is 39.3 Å². The van der Waals surface area contributed by atoms with E-state index in [1.54, 1.807) is 23.1 Å². The van der Waals surface area contributed by atoms with Crippen LogP contribution in [0.3, 0.4) is 0 Å². The molecule has 1 fully saturated rings. The number of hydrogen-bond donors (Lipinski definition) is 0. The average molecular weight is 360 g/mol. The van der Waals surface area contributed by atoms with Crippen LogP contribution in [0.4, 0.5) is 13.2 Å². The van der Waals surface area contributed by atoms with Gasteiger partial charge in [-0.15, -0.1) is 0 Å². The molecule has 0 aliphatic carbocycles. The summed E-state index contributed by atoms with van der Waals surface area (Å²) < 4.78 is 45.7. The molecule has 1 amide bonds. The van der Waals surface area contributed by atoms with Crippen LogP contribution in [0.5, 0.6) is 5.75 Å². The number of benzene rings is 1. The van der Waals surface area contributed by atoms with Crippen LogP contribution in [0.2, 0.25) is 0 Å². The van der Waals surface area contributed by atoms with Gasteiger partial charge in [0.15, 0.2) is 0 Å². The monoisotopic (exact) mass is 360 g/mol. The number of rotatable bonds is 7. The average Bonchev–Trinajstić information content (AvgIpc) is 2.60. The third-order valence-electron chi connectivity index (χ3n) is 4.03. The van der Waals surface area contributed by atoms with E-state index in [0.29, 0.717) is 50.5 Å². The topological polar surface area (TPSA) is 42.0 Å². The number of amides is 1. The predicted octanol–water partition coefficient (Wildman–Crippen LogP) is 2.42. The fourth-order valence-corrected chi connectivity index (χ4v) is 2.74. The lowest BCUT2D eigenvalue weighted by molar-refractivity contribution is -0.174. The van der Waals surface area contributed by atoms with Crippen LogP contribution in [0.1, 0.15) is 16.8 Å². The van der Waals surface area contributed by atoms with Crippen molar-refractivity contribution in [2.45, 2.75) is 12.6 Å². The highest BCUT2D eigenvalue weighted by atomic mass is 19.4. The minimum atomic E-state index is -4.27. The second kappa shape index (κ2) is 9.05. The number of ether oxygens (including phenoxy) is 2. The van der Waals surface area contributed by atoms with Crippen LogP contribution in [-0.4, -0.2) is 74.9 Å². The van der Waals surface area contributed by atoms with E-state index in [2.05, 4.69) is 9.64 Å². The standard InChI is InChI=1S/C17H23F3N2O3/c1-24-15-6-3-2-5-14(15)16(23)22-10-8-21(9-11-22)7-4-12-25-13-17(18,19)20/h2-3,5-6H,4,7-13H2,1H3. The number of carbonyl (C=O) groups excluding carboxylic acids is 1. The Kier molecular flexibility index (Phi) is 7.07. The lowest BCUT2D eigenvalue weighted by atomic mass is 10.1. The number of para-hydroxylation sites is 1. The van der Waals surface area contributed by atoms with E-state index < -0.39 is 12.8 Å². The van der Waals surface area contributed by atoms with Gasteiger partial charge in [0.25, 0.3) is 5.91 Å². The normalized spacial score (nSPS) is 16.1. The minimum absolute atomic E-state index is 0.0642. The van der Waals surface area contributed by atoms with Gasteiger partial charge in [-0.3, -0.25) is 9.69 Å². The van der Waals surface area contributed by atoms with Crippen molar-refractivity contribution >= 4 is 5.91 Å². The van der Waals surface area contributed by atoms with Crippen molar-refractivity contribution in [3.05, 3.63) is 29.8 Å². The molecule has 0 aromatic heterocycles. The first-order chi connectivity index (χ1) is 11.9. The quantitative estimate of drug-likeness (QED) is 0.701. The van der Waals surface area contributed by atoms with E-state index in [1.807, 2.05) is 6.07 Å². The van der Waals surface area contributed by atoms with Crippen molar-refractivity contribution in [3.8, 4) is 5.75 Å². The molecule has 1 aliphatic rings. The Morgan fingerprint density at radius 2 is 1.84 bits per heavy atom. The molecule has 8 heteroatoms. The molecule has 0 atom stereocenters. The summed E-state index contributed by atoms with van der Waals surface area (Å²) in [5.74, 6) is 0.488. The highest BCUT2D eigenvalue weighted by molar-refractivity contribution is 5.97. The first-order valence-corrected chi connectivity index (χ1v) is 8.20. The van der Waals surface area contributed by atoms with Gasteiger partial charge in [-0.25, -0.2) is 0 Å². The number of alkyl halides is 3. The van der Waals surface area contributed by atoms with E-state index in [0.717, 1.165) is 0 Å². The second-order valence-corrected chi connectivity index (χ2v) is 5.86. The van der Waals surface area contributed by atoms with Crippen LogP contribution in [0, 0.1) is 0 Å². The molecular weight excluding hydrogens is 337 g/mol. The second-order valence-electron chi connectivity index (χ2n) is 5.86. The molecule has 0 bridgehead atoms. The summed E-state index contributed by atoms with van der Waals surface area (Å²) in [5, 5.41) is 0. The highest BCUT2D eigenvalue weighted by Gasteiger charge is 2.27. The number of hydrogen-bond acceptors (Lipinski definition) is 4. The minimum Gasteiger partial charge on any atom is -0.496 e. The molecule has 5 nitrogen and oxygen atoms in total. The maximum absolute atomic E-state index is 12.6. The Balaban J connectivity index is 1.71. The first kappa shape index (κ1) is 19.5. The largest absolute Gasteiger partial charge is 0.496 e. The molecule has 1 aliphatic heterocycles. The molecule has 2 rings (SSSR count). The fraction of sp³-hybridized carbons (Fsp3) is 0.588. The third kappa shape index (κ3) is 6.21. The van der Waals surface area contributed by atoms with E-state index >= 15 is 0 Å². The molecule has 0 saturated carbocycles. The molecule has 1 aromatic rings. The molecular formula is C17H23F3N2O3. The highest BCUT2D eigenvalue weighted by Crippen LogP contribution is 2.20. The van der Waals surface area contributed by atoms with Crippen molar-refractivity contribution in [1.29, 1.82) is 0 Å². The van der Waals surface area contributed by atoms with Crippen LogP contribution >= 0.6 is 0 Å². The van der Waals surface area contributed by atoms with Crippen LogP contribution in [-0.2, 0) is 4.74 Å². The van der Waals surface area contributed by atoms with Crippen molar-refractivity contribution in [3.63, 3.8) is 0 Å². The SMILES string of the molecule is COc1ccccc1C(=O)N1CCN(CCCOCC(F)(F)F)CC1. The number of nitrogens with zero attached hydrogens (tertiary/aromatic N) is 2. The van der Waals surface area contributed by atoms with Gasteiger partial charge >= 0.3 is 6.18 Å². The lowest BCUT2D eigenvalue weighted by Crippen LogP contribution is -2.49. The van der Waals surface area contributed by atoms with Gasteiger partial charge in [-0.2, -0.15) is 13.2 Å². The van der Waals surface area contributed by atoms with Gasteiger partial charge in [0.1, 0.15) is 12.4 Å². The maximum atomic E-state index is 12.6. The summed E-state index contributed by atoms with van der Waals surface area (Å²) in [5.41, 5.74) is 0.541. The van der Waals surface area contributed by atoms with Crippen LogP contribution in [0.25, 0.3) is 0 Å². The Morgan fingerprint density at radius 3 is 2.48 bits per heavy atom. The van der Waals surface area contributed by atoms with Gasteiger partial charge in [-0.05, 0) is 18.6 Å². The summed E-state index contributed by atoms with van der Waals surface area (Å²) >= 11 is 0. The van der Waals surface area contributed by atoms with Crippen LogP contribution < -0.4 is 4.74 Å². The van der Waals surface area contributed by atoms with Gasteiger partial charge < -0.3 is 14.4 Å². The zero-order valence-corrected chi connectivity index (χ0v) is 14.2. The third-order valence-corrected chi connectivity index (χ3v) is 4.03. The molecule has 0 unspecified atom stereocenters. The van der Waals surface area contributed by atoms with Crippen molar-refractivity contribution in [1.82, 2.24) is 9.80 Å². The summed E-state index contributed by atoms with van der Waals surface area (Å²) in [4.78, 5) is 16.5. The maximum Gasteiger partial charge on any atom is 0.411 e. The zero-order valence-electron chi connectivity index (χ0n) is 14.2. The van der Waals surface area contributed by atoms with E-state index in [9.17, 15) is 18.0 Å². The van der Waals surface area contributed by atoms with E-state index in [-0.39, 0.29) is 12.5 Å². The van der Waals surface area contributed by atoms with Crippen molar-refractivity contribution in [2.75, 3.05) is 53.0 Å². The summed E-state index contributed by atoms with van der Waals surface area (Å²) in [6.45, 7) is 2.10. The summed E-state index contributed by atoms with van der Waals surface area (Å²) in [7, 11) is 1.53. The van der Waals surface area contributed by atoms with E-state index in [1.165, 1.54) is 7.11 Å². The summed E-state index contributed by atoms with van der Waals surface area (Å²) in [6, 6.07) is 7.11. The lowest BCUT2D eigenvalue weighted by Gasteiger charge is -2.35. The smallest absolute Gasteiger partial charge is 0.411 e. The Labute approximate surface area is 145 Å². The summed E-state index contributed by atoms with van der Waals surface area (Å²) in [6.07, 6.45) is -3.74. The Hall–Kier alpha value is -1.80. The molecule has 0 spiro atoms. The first-order valence-electron chi connectivity index (χ1n) is 8.20. The van der Waals surface area contributed by atoms with Crippen molar-refractivity contribution < 1.29 is 27.4 Å². The van der Waals surface area contributed by atoms with Gasteiger partial charge in [0.05, 0.1) is 12.7 Å². The molecule has 25 heavy (non-hydrogen) atoms. The van der Waals surface area contributed by atoms with E-state index in [4.69, 9.17) is 4.74 Å². The van der Waals surface area contributed by atoms with Crippen LogP contribution in [0.15, 0.2) is 24.3 Å². The van der Waals surface area contributed by atoms with Crippen molar-refractivity contribution in [2.24, 2.45) is 0 Å². The number of halogens is 3. The predicted molar refractivity (Wildman–Crippen MR) is 86.8 cm³/mol. The number of methoxy groups -OCH3 is 1. The number of carbonyl (C=O) groups is 1. The zero-order chi connectivity index (χ0) is 18.3. The van der Waals surface area contributed by atoms with Gasteiger partial charge in [0.2, 0.25) is 0 Å². The molecule has 0 radical (unpaired) electrons. The molecule has 0 N–H and O–H groups in total. The Bertz CT molecular complexity index is 558. The number of piperazine rings is 1. The van der Waals surface area contributed by atoms with Gasteiger partial charge in [-0.1, -0.05) is 12.1 Å². The fourth-order valence-electron chi connectivity index (χ4n) is 2.74.